The Labute approximate surface area is 137 Å². The summed E-state index contributed by atoms with van der Waals surface area (Å²) >= 11 is 0. The molecule has 1 N–H and O–H groups in total. The van der Waals surface area contributed by atoms with Crippen LogP contribution in [0, 0.1) is 0 Å². The van der Waals surface area contributed by atoms with E-state index >= 15 is 0 Å². The number of benzene rings is 1. The number of rotatable bonds is 1. The van der Waals surface area contributed by atoms with Crippen LogP contribution in [0.5, 0.6) is 0 Å². The summed E-state index contributed by atoms with van der Waals surface area (Å²) < 4.78 is 25.9. The second kappa shape index (κ2) is 9.12. The van der Waals surface area contributed by atoms with Gasteiger partial charge in [0.25, 0.3) is 10.1 Å². The molecule has 3 rings (SSSR count). The van der Waals surface area contributed by atoms with Crippen molar-refractivity contribution in [2.24, 2.45) is 0 Å². The van der Waals surface area contributed by atoms with Crippen molar-refractivity contribution in [2.75, 3.05) is 26.5 Å². The molecule has 0 amide bonds. The summed E-state index contributed by atoms with van der Waals surface area (Å²) in [7, 11) is -1.59. The van der Waals surface area contributed by atoms with Crippen LogP contribution in [0.3, 0.4) is 0 Å². The van der Waals surface area contributed by atoms with Crippen molar-refractivity contribution >= 4 is 21.0 Å². The largest absolute Gasteiger partial charge is 0.362 e. The third-order valence-corrected chi connectivity index (χ3v) is 2.86. The lowest BCUT2D eigenvalue weighted by molar-refractivity contribution is 0.308. The van der Waals surface area contributed by atoms with Gasteiger partial charge in [-0.25, -0.2) is 0 Å². The maximum atomic E-state index is 9.19. The first-order chi connectivity index (χ1) is 10.8. The van der Waals surface area contributed by atoms with Gasteiger partial charge in [0.15, 0.2) is 0 Å². The molecule has 126 valence electrons. The Hall–Kier alpha value is -2.12. The third kappa shape index (κ3) is 8.80. The molecule has 1 aromatic carbocycles. The van der Waals surface area contributed by atoms with E-state index in [4.69, 9.17) is 4.55 Å². The van der Waals surface area contributed by atoms with Crippen LogP contribution in [0.25, 0.3) is 10.9 Å². The van der Waals surface area contributed by atoms with Crippen molar-refractivity contribution in [3.05, 3.63) is 55.0 Å². The summed E-state index contributed by atoms with van der Waals surface area (Å²) in [4.78, 5) is 8.59. The highest BCUT2D eigenvalue weighted by atomic mass is 32.2. The van der Waals surface area contributed by atoms with Crippen molar-refractivity contribution in [3.63, 3.8) is 0 Å². The molecule has 2 aromatic rings. The van der Waals surface area contributed by atoms with Crippen molar-refractivity contribution in [3.8, 4) is 0 Å². The number of fused-ring (bicyclic) bond motifs is 1. The SMILES string of the molecule is CCN1C=CN(C)C1.CS(=O)(=O)O.c1ccc2ncccc2c1. The minimum atomic E-state index is -3.67. The Kier molecular flexibility index (Phi) is 7.50. The maximum Gasteiger partial charge on any atom is 0.261 e. The van der Waals surface area contributed by atoms with Gasteiger partial charge in [-0.1, -0.05) is 24.3 Å². The molecule has 1 aliphatic heterocycles. The lowest BCUT2D eigenvalue weighted by Gasteiger charge is -2.14. The maximum absolute atomic E-state index is 9.19. The van der Waals surface area contributed by atoms with E-state index in [9.17, 15) is 8.42 Å². The Balaban J connectivity index is 0.000000184. The number of nitrogens with zero attached hydrogens (tertiary/aromatic N) is 3. The Bertz CT molecular complexity index is 659. The van der Waals surface area contributed by atoms with E-state index in [1.165, 1.54) is 5.39 Å². The normalized spacial score (nSPS) is 13.2. The first-order valence-corrected chi connectivity index (χ1v) is 8.99. The van der Waals surface area contributed by atoms with Gasteiger partial charge < -0.3 is 9.80 Å². The van der Waals surface area contributed by atoms with E-state index in [2.05, 4.69) is 53.3 Å². The summed E-state index contributed by atoms with van der Waals surface area (Å²) in [6.07, 6.45) is 6.72. The zero-order valence-electron chi connectivity index (χ0n) is 13.6. The van der Waals surface area contributed by atoms with Gasteiger partial charge >= 0.3 is 0 Å². The monoisotopic (exact) mass is 337 g/mol. The second-order valence-electron chi connectivity index (χ2n) is 5.03. The molecule has 2 heterocycles. The molecule has 0 saturated carbocycles. The lowest BCUT2D eigenvalue weighted by Crippen LogP contribution is -2.21. The number of para-hydroxylation sites is 1. The van der Waals surface area contributed by atoms with Gasteiger partial charge in [0.05, 0.1) is 18.4 Å². The average molecular weight is 337 g/mol. The van der Waals surface area contributed by atoms with Crippen LogP contribution in [0.4, 0.5) is 0 Å². The molecule has 0 bridgehead atoms. The van der Waals surface area contributed by atoms with E-state index < -0.39 is 10.1 Å². The minimum absolute atomic E-state index is 0.715. The van der Waals surface area contributed by atoms with Crippen LogP contribution in [-0.2, 0) is 10.1 Å². The zero-order valence-corrected chi connectivity index (χ0v) is 14.4. The Morgan fingerprint density at radius 1 is 1.17 bits per heavy atom. The van der Waals surface area contributed by atoms with Crippen molar-refractivity contribution in [2.45, 2.75) is 6.92 Å². The van der Waals surface area contributed by atoms with Crippen LogP contribution >= 0.6 is 0 Å². The highest BCUT2D eigenvalue weighted by Gasteiger charge is 2.03. The van der Waals surface area contributed by atoms with Gasteiger partial charge in [0, 0.05) is 37.6 Å². The first-order valence-electron chi connectivity index (χ1n) is 7.14. The van der Waals surface area contributed by atoms with E-state index in [1.807, 2.05) is 30.5 Å². The molecule has 0 atom stereocenters. The van der Waals surface area contributed by atoms with Crippen molar-refractivity contribution < 1.29 is 13.0 Å². The molecule has 1 aliphatic rings. The number of hydrogen-bond acceptors (Lipinski definition) is 5. The fourth-order valence-corrected chi connectivity index (χ4v) is 1.81. The molecular formula is C16H23N3O3S. The molecule has 1 aromatic heterocycles. The quantitative estimate of drug-likeness (QED) is 0.806. The van der Waals surface area contributed by atoms with Crippen molar-refractivity contribution in [1.29, 1.82) is 0 Å². The van der Waals surface area contributed by atoms with Crippen LogP contribution in [-0.4, -0.2) is 54.3 Å². The summed E-state index contributed by atoms with van der Waals surface area (Å²) in [5.41, 5.74) is 1.06. The fraction of sp³-hybridized carbons (Fsp3) is 0.312. The molecule has 6 nitrogen and oxygen atoms in total. The Morgan fingerprint density at radius 2 is 1.78 bits per heavy atom. The second-order valence-corrected chi connectivity index (χ2v) is 6.50. The molecule has 0 radical (unpaired) electrons. The summed E-state index contributed by atoms with van der Waals surface area (Å²) in [6, 6.07) is 12.1. The highest BCUT2D eigenvalue weighted by Crippen LogP contribution is 2.07. The predicted molar refractivity (Wildman–Crippen MR) is 93.4 cm³/mol. The molecule has 0 spiro atoms. The van der Waals surface area contributed by atoms with Gasteiger partial charge in [0.1, 0.15) is 0 Å². The number of hydrogen-bond donors (Lipinski definition) is 1. The van der Waals surface area contributed by atoms with Gasteiger partial charge in [-0.3, -0.25) is 9.54 Å². The van der Waals surface area contributed by atoms with Crippen LogP contribution in [0.2, 0.25) is 0 Å². The van der Waals surface area contributed by atoms with Gasteiger partial charge in [-0.2, -0.15) is 8.42 Å². The standard InChI is InChI=1S/C9H7N.C6H12N2.CH4O3S/c1-2-6-9-8(4-1)5-3-7-10-9;1-3-8-5-4-7(2)6-8;1-5(2,3)4/h1-7H;4-5H,3,6H2,1-2H3;1H3,(H,2,3,4). The van der Waals surface area contributed by atoms with Crippen molar-refractivity contribution in [1.82, 2.24) is 14.8 Å². The molecule has 7 heteroatoms. The number of pyridine rings is 1. The highest BCUT2D eigenvalue weighted by molar-refractivity contribution is 7.85. The average Bonchev–Trinajstić information content (AvgIpc) is 2.92. The molecule has 0 fully saturated rings. The third-order valence-electron chi connectivity index (χ3n) is 2.86. The van der Waals surface area contributed by atoms with Crippen LogP contribution < -0.4 is 0 Å². The fourth-order valence-electron chi connectivity index (χ4n) is 1.81. The first kappa shape index (κ1) is 18.9. The molecular weight excluding hydrogens is 314 g/mol. The molecule has 23 heavy (non-hydrogen) atoms. The number of aromatic nitrogens is 1. The van der Waals surface area contributed by atoms with E-state index in [1.54, 1.807) is 0 Å². The smallest absolute Gasteiger partial charge is 0.261 e. The van der Waals surface area contributed by atoms with Gasteiger partial charge in [-0.05, 0) is 19.1 Å². The van der Waals surface area contributed by atoms with E-state index in [0.717, 1.165) is 18.7 Å². The summed E-state index contributed by atoms with van der Waals surface area (Å²) in [5.74, 6) is 0. The molecule has 0 unspecified atom stereocenters. The topological polar surface area (TPSA) is 73.7 Å². The predicted octanol–water partition coefficient (Wildman–Crippen LogP) is 2.42. The lowest BCUT2D eigenvalue weighted by atomic mass is 10.2. The Morgan fingerprint density at radius 3 is 2.26 bits per heavy atom. The van der Waals surface area contributed by atoms with E-state index in [-0.39, 0.29) is 0 Å². The zero-order chi connectivity index (χ0) is 17.3. The molecule has 0 saturated heterocycles. The van der Waals surface area contributed by atoms with Crippen LogP contribution in [0.1, 0.15) is 6.92 Å². The van der Waals surface area contributed by atoms with Gasteiger partial charge in [-0.15, -0.1) is 0 Å². The molecule has 0 aliphatic carbocycles. The van der Waals surface area contributed by atoms with Gasteiger partial charge in [0.2, 0.25) is 0 Å². The van der Waals surface area contributed by atoms with E-state index in [0.29, 0.717) is 6.26 Å². The summed E-state index contributed by atoms with van der Waals surface area (Å²) in [5, 5.41) is 1.20. The van der Waals surface area contributed by atoms with Crippen LogP contribution in [0.15, 0.2) is 55.0 Å². The summed E-state index contributed by atoms with van der Waals surface area (Å²) in [6.45, 7) is 4.32. The minimum Gasteiger partial charge on any atom is -0.362 e.